The Morgan fingerprint density at radius 1 is 1.38 bits per heavy atom. The van der Waals surface area contributed by atoms with Gasteiger partial charge in [-0.1, -0.05) is 28.9 Å². The van der Waals surface area contributed by atoms with E-state index >= 15 is 0 Å². The predicted octanol–water partition coefficient (Wildman–Crippen LogP) is 2.35. The Morgan fingerprint density at radius 3 is 3.10 bits per heavy atom. The number of rotatable bonds is 5. The molecule has 1 aromatic carbocycles. The molecule has 0 fully saturated rings. The summed E-state index contributed by atoms with van der Waals surface area (Å²) in [6.45, 7) is 1.12. The third-order valence-electron chi connectivity index (χ3n) is 2.90. The van der Waals surface area contributed by atoms with Gasteiger partial charge in [0, 0.05) is 17.1 Å². The van der Waals surface area contributed by atoms with Crippen molar-refractivity contribution < 1.29 is 4.42 Å². The molecule has 0 aliphatic rings. The Bertz CT molecular complexity index is 736. The minimum Gasteiger partial charge on any atom is -0.439 e. The summed E-state index contributed by atoms with van der Waals surface area (Å²) < 4.78 is 7.42. The van der Waals surface area contributed by atoms with Gasteiger partial charge in [0.1, 0.15) is 6.54 Å². The first kappa shape index (κ1) is 13.8. The number of nitrogens with one attached hydrogen (secondary N) is 1. The molecular weight excluding hydrogens is 290 g/mol. The maximum atomic E-state index is 5.97. The minimum atomic E-state index is 0.442. The van der Waals surface area contributed by atoms with Crippen molar-refractivity contribution in [2.75, 3.05) is 7.05 Å². The lowest BCUT2D eigenvalue weighted by molar-refractivity contribution is 0.469. The number of halogens is 1. The van der Waals surface area contributed by atoms with E-state index in [1.54, 1.807) is 10.9 Å². The molecule has 2 aromatic heterocycles. The van der Waals surface area contributed by atoms with Gasteiger partial charge in [0.2, 0.25) is 5.89 Å². The van der Waals surface area contributed by atoms with Crippen molar-refractivity contribution in [1.82, 2.24) is 25.3 Å². The average Bonchev–Trinajstić information content (AvgIpc) is 3.10. The van der Waals surface area contributed by atoms with Crippen molar-refractivity contribution in [3.8, 4) is 11.3 Å². The standard InChI is InChI=1S/C14H14ClN5O/c1-16-6-12-8-20(19-18-12)9-14-17-7-13(21-14)10-3-2-4-11(15)5-10/h2-5,7-8,16H,6,9H2,1H3. The van der Waals surface area contributed by atoms with Crippen LogP contribution < -0.4 is 5.32 Å². The minimum absolute atomic E-state index is 0.442. The molecule has 0 saturated heterocycles. The quantitative estimate of drug-likeness (QED) is 0.783. The summed E-state index contributed by atoms with van der Waals surface area (Å²) in [5.41, 5.74) is 1.77. The molecular formula is C14H14ClN5O. The van der Waals surface area contributed by atoms with Gasteiger partial charge in [-0.3, -0.25) is 0 Å². The summed E-state index contributed by atoms with van der Waals surface area (Å²) in [6, 6.07) is 7.46. The summed E-state index contributed by atoms with van der Waals surface area (Å²) in [6.07, 6.45) is 3.55. The van der Waals surface area contributed by atoms with Crippen LogP contribution in [0, 0.1) is 0 Å². The maximum Gasteiger partial charge on any atom is 0.216 e. The number of aromatic nitrogens is 4. The third-order valence-corrected chi connectivity index (χ3v) is 3.14. The zero-order valence-electron chi connectivity index (χ0n) is 11.5. The van der Waals surface area contributed by atoms with Gasteiger partial charge in [-0.2, -0.15) is 0 Å². The van der Waals surface area contributed by atoms with Crippen molar-refractivity contribution in [1.29, 1.82) is 0 Å². The molecule has 3 rings (SSSR count). The van der Waals surface area contributed by atoms with E-state index in [-0.39, 0.29) is 0 Å². The average molecular weight is 304 g/mol. The van der Waals surface area contributed by atoms with E-state index in [0.29, 0.717) is 29.8 Å². The van der Waals surface area contributed by atoms with E-state index in [9.17, 15) is 0 Å². The molecule has 0 saturated carbocycles. The molecule has 0 radical (unpaired) electrons. The summed E-state index contributed by atoms with van der Waals surface area (Å²) in [5, 5.41) is 11.8. The van der Waals surface area contributed by atoms with Crippen LogP contribution in [0.2, 0.25) is 5.02 Å². The fraction of sp³-hybridized carbons (Fsp3) is 0.214. The predicted molar refractivity (Wildman–Crippen MR) is 78.8 cm³/mol. The van der Waals surface area contributed by atoms with Crippen LogP contribution in [0.3, 0.4) is 0 Å². The topological polar surface area (TPSA) is 68.8 Å². The Labute approximate surface area is 126 Å². The molecule has 0 bridgehead atoms. The van der Waals surface area contributed by atoms with E-state index < -0.39 is 0 Å². The summed E-state index contributed by atoms with van der Waals surface area (Å²) in [5.74, 6) is 1.26. The monoisotopic (exact) mass is 303 g/mol. The zero-order chi connectivity index (χ0) is 14.7. The van der Waals surface area contributed by atoms with Crippen LogP contribution >= 0.6 is 11.6 Å². The lowest BCUT2D eigenvalue weighted by atomic mass is 10.2. The SMILES string of the molecule is CNCc1cn(Cc2ncc(-c3cccc(Cl)c3)o2)nn1. The number of oxazole rings is 1. The summed E-state index contributed by atoms with van der Waals surface area (Å²) in [4.78, 5) is 4.26. The maximum absolute atomic E-state index is 5.97. The fourth-order valence-electron chi connectivity index (χ4n) is 1.98. The molecule has 0 atom stereocenters. The fourth-order valence-corrected chi connectivity index (χ4v) is 2.17. The Kier molecular flexibility index (Phi) is 3.98. The van der Waals surface area contributed by atoms with E-state index in [2.05, 4.69) is 20.6 Å². The second-order valence-electron chi connectivity index (χ2n) is 4.57. The van der Waals surface area contributed by atoms with Crippen molar-refractivity contribution in [2.45, 2.75) is 13.1 Å². The molecule has 0 aliphatic heterocycles. The zero-order valence-corrected chi connectivity index (χ0v) is 12.2. The van der Waals surface area contributed by atoms with Gasteiger partial charge in [0.05, 0.1) is 18.1 Å². The molecule has 0 unspecified atom stereocenters. The van der Waals surface area contributed by atoms with E-state index in [1.165, 1.54) is 0 Å². The molecule has 2 heterocycles. The smallest absolute Gasteiger partial charge is 0.216 e. The third kappa shape index (κ3) is 3.29. The van der Waals surface area contributed by atoms with Gasteiger partial charge in [-0.25, -0.2) is 9.67 Å². The van der Waals surface area contributed by atoms with Crippen LogP contribution in [0.4, 0.5) is 0 Å². The number of hydrogen-bond donors (Lipinski definition) is 1. The van der Waals surface area contributed by atoms with Crippen LogP contribution in [0.25, 0.3) is 11.3 Å². The van der Waals surface area contributed by atoms with Gasteiger partial charge in [-0.05, 0) is 19.2 Å². The van der Waals surface area contributed by atoms with Crippen LogP contribution in [0.15, 0.2) is 41.1 Å². The Balaban J connectivity index is 1.75. The molecule has 0 amide bonds. The molecule has 1 N–H and O–H groups in total. The van der Waals surface area contributed by atoms with Gasteiger partial charge in [0.25, 0.3) is 0 Å². The first-order chi connectivity index (χ1) is 10.2. The van der Waals surface area contributed by atoms with Gasteiger partial charge in [0.15, 0.2) is 5.76 Å². The number of nitrogens with zero attached hydrogens (tertiary/aromatic N) is 4. The Morgan fingerprint density at radius 2 is 2.29 bits per heavy atom. The molecule has 6 nitrogen and oxygen atoms in total. The van der Waals surface area contributed by atoms with Gasteiger partial charge >= 0.3 is 0 Å². The first-order valence-corrected chi connectivity index (χ1v) is 6.86. The van der Waals surface area contributed by atoms with Crippen LogP contribution in [-0.4, -0.2) is 27.0 Å². The Hall–Kier alpha value is -2.18. The highest BCUT2D eigenvalue weighted by molar-refractivity contribution is 6.30. The van der Waals surface area contributed by atoms with E-state index in [4.69, 9.17) is 16.0 Å². The second kappa shape index (κ2) is 6.07. The van der Waals surface area contributed by atoms with Crippen LogP contribution in [0.5, 0.6) is 0 Å². The van der Waals surface area contributed by atoms with Crippen molar-refractivity contribution in [3.05, 3.63) is 53.3 Å². The second-order valence-corrected chi connectivity index (χ2v) is 5.00. The highest BCUT2D eigenvalue weighted by Gasteiger charge is 2.08. The lowest BCUT2D eigenvalue weighted by Gasteiger charge is -1.97. The normalized spacial score (nSPS) is 11.0. The van der Waals surface area contributed by atoms with Crippen LogP contribution in [0.1, 0.15) is 11.6 Å². The molecule has 7 heteroatoms. The molecule has 3 aromatic rings. The highest BCUT2D eigenvalue weighted by Crippen LogP contribution is 2.23. The van der Waals surface area contributed by atoms with Gasteiger partial charge in [-0.15, -0.1) is 5.10 Å². The summed E-state index contributed by atoms with van der Waals surface area (Å²) in [7, 11) is 1.87. The largest absolute Gasteiger partial charge is 0.439 e. The van der Waals surface area contributed by atoms with Crippen LogP contribution in [-0.2, 0) is 13.1 Å². The van der Waals surface area contributed by atoms with Crippen molar-refractivity contribution in [3.63, 3.8) is 0 Å². The highest BCUT2D eigenvalue weighted by atomic mass is 35.5. The van der Waals surface area contributed by atoms with Crippen molar-refractivity contribution in [2.24, 2.45) is 0 Å². The van der Waals surface area contributed by atoms with Crippen molar-refractivity contribution >= 4 is 11.6 Å². The molecule has 0 aliphatic carbocycles. The summed E-state index contributed by atoms with van der Waals surface area (Å²) >= 11 is 5.97. The van der Waals surface area contributed by atoms with E-state index in [0.717, 1.165) is 11.3 Å². The molecule has 0 spiro atoms. The van der Waals surface area contributed by atoms with E-state index in [1.807, 2.05) is 37.5 Å². The van der Waals surface area contributed by atoms with Gasteiger partial charge < -0.3 is 9.73 Å². The number of hydrogen-bond acceptors (Lipinski definition) is 5. The molecule has 21 heavy (non-hydrogen) atoms. The lowest BCUT2D eigenvalue weighted by Crippen LogP contribution is -2.05. The molecule has 108 valence electrons. The first-order valence-electron chi connectivity index (χ1n) is 6.49. The number of benzene rings is 1.